The Balaban J connectivity index is 2.42. The number of hydrogen-bond acceptors (Lipinski definition) is 8. The molecular weight excluding hydrogens is 520 g/mol. The predicted octanol–water partition coefficient (Wildman–Crippen LogP) is 5.63. The Morgan fingerprint density at radius 3 is 1.90 bits per heavy atom. The molecule has 0 amide bonds. The molecule has 2 aromatic carbocycles. The van der Waals surface area contributed by atoms with Crippen LogP contribution in [0.5, 0.6) is 23.0 Å². The predicted molar refractivity (Wildman–Crippen MR) is 150 cm³/mol. The van der Waals surface area contributed by atoms with Crippen LogP contribution in [0.4, 0.5) is 0 Å². The fraction of sp³-hybridized carbons (Fsp3) is 0.517. The number of carbonyl (C=O) groups excluding carboxylic acids is 1. The van der Waals surface area contributed by atoms with Gasteiger partial charge in [-0.15, -0.1) is 0 Å². The van der Waals surface area contributed by atoms with E-state index in [4.69, 9.17) is 28.5 Å². The number of aryl methyl sites for hydroxylation is 2. The van der Waals surface area contributed by atoms with Gasteiger partial charge >= 0.3 is 11.9 Å². The van der Waals surface area contributed by atoms with E-state index in [1.165, 1.54) is 20.3 Å². The molecule has 0 fully saturated rings. The number of aromatic hydroxyl groups is 1. The Morgan fingerprint density at radius 2 is 1.33 bits per heavy atom. The average Bonchev–Trinajstić information content (AvgIpc) is 2.87. The Hall–Kier alpha value is -3.24. The van der Waals surface area contributed by atoms with Crippen LogP contribution < -0.4 is 14.2 Å². The van der Waals surface area contributed by atoms with Crippen molar-refractivity contribution in [3.05, 3.63) is 46.5 Å². The molecular formula is C29H42O9Si. The number of aliphatic carboxylic acids is 1. The SMILES string of the molecule is COC(=O)CCc1cc(OCc2cc(OC)c(O)cc2CCC(=O)O)c(OC)cc1CO[Si](C)(C)C(C)(C)C. The molecule has 0 unspecified atom stereocenters. The minimum absolute atomic E-state index is 0.0375. The maximum absolute atomic E-state index is 11.9. The monoisotopic (exact) mass is 562 g/mol. The highest BCUT2D eigenvalue weighted by Gasteiger charge is 2.37. The van der Waals surface area contributed by atoms with Crippen molar-refractivity contribution in [2.75, 3.05) is 21.3 Å². The number of phenols is 1. The van der Waals surface area contributed by atoms with Crippen molar-refractivity contribution in [3.8, 4) is 23.0 Å². The first-order valence-electron chi connectivity index (χ1n) is 12.9. The number of phenolic OH excluding ortho intramolecular Hbond substituents is 1. The van der Waals surface area contributed by atoms with Crippen LogP contribution in [0, 0.1) is 0 Å². The van der Waals surface area contributed by atoms with E-state index >= 15 is 0 Å². The lowest BCUT2D eigenvalue weighted by Crippen LogP contribution is -2.40. The van der Waals surface area contributed by atoms with E-state index in [0.717, 1.165) is 11.1 Å². The van der Waals surface area contributed by atoms with Gasteiger partial charge in [0.05, 0.1) is 27.9 Å². The minimum Gasteiger partial charge on any atom is -0.504 e. The van der Waals surface area contributed by atoms with Gasteiger partial charge in [-0.2, -0.15) is 0 Å². The summed E-state index contributed by atoms with van der Waals surface area (Å²) in [6.07, 6.45) is 0.753. The summed E-state index contributed by atoms with van der Waals surface area (Å²) in [7, 11) is 2.32. The van der Waals surface area contributed by atoms with Gasteiger partial charge < -0.3 is 33.6 Å². The lowest BCUT2D eigenvalue weighted by atomic mass is 10.0. The van der Waals surface area contributed by atoms with E-state index in [-0.39, 0.29) is 48.4 Å². The van der Waals surface area contributed by atoms with Gasteiger partial charge in [-0.3, -0.25) is 9.59 Å². The zero-order chi connectivity index (χ0) is 29.4. The van der Waals surface area contributed by atoms with Crippen molar-refractivity contribution in [2.45, 2.75) is 77.8 Å². The molecule has 2 aromatic rings. The van der Waals surface area contributed by atoms with Crippen molar-refractivity contribution in [1.82, 2.24) is 0 Å². The number of carboxylic acids is 1. The van der Waals surface area contributed by atoms with Crippen LogP contribution in [0.3, 0.4) is 0 Å². The third-order valence-corrected chi connectivity index (χ3v) is 11.7. The van der Waals surface area contributed by atoms with Crippen LogP contribution in [-0.4, -0.2) is 51.8 Å². The highest BCUT2D eigenvalue weighted by molar-refractivity contribution is 6.74. The molecule has 0 saturated heterocycles. The second-order valence-corrected chi connectivity index (χ2v) is 15.7. The molecule has 0 aliphatic heterocycles. The van der Waals surface area contributed by atoms with E-state index in [1.807, 2.05) is 12.1 Å². The molecule has 0 aliphatic carbocycles. The Bertz CT molecular complexity index is 1150. The molecule has 216 valence electrons. The molecule has 2 N–H and O–H groups in total. The zero-order valence-corrected chi connectivity index (χ0v) is 25.3. The lowest BCUT2D eigenvalue weighted by Gasteiger charge is -2.36. The number of esters is 1. The van der Waals surface area contributed by atoms with E-state index in [1.54, 1.807) is 13.2 Å². The maximum Gasteiger partial charge on any atom is 0.305 e. The van der Waals surface area contributed by atoms with Gasteiger partial charge in [0.25, 0.3) is 0 Å². The van der Waals surface area contributed by atoms with Crippen molar-refractivity contribution >= 4 is 20.3 Å². The Labute approximate surface area is 232 Å². The number of carboxylic acid groups (broad SMARTS) is 1. The molecule has 0 saturated carbocycles. The summed E-state index contributed by atoms with van der Waals surface area (Å²) >= 11 is 0. The van der Waals surface area contributed by atoms with E-state index in [0.29, 0.717) is 35.7 Å². The first-order chi connectivity index (χ1) is 18.2. The number of ether oxygens (including phenoxy) is 4. The molecule has 0 radical (unpaired) electrons. The molecule has 0 atom stereocenters. The van der Waals surface area contributed by atoms with Gasteiger partial charge in [0, 0.05) is 12.8 Å². The van der Waals surface area contributed by atoms with Crippen LogP contribution in [-0.2, 0) is 44.8 Å². The van der Waals surface area contributed by atoms with Gasteiger partial charge in [-0.05, 0) is 77.5 Å². The summed E-state index contributed by atoms with van der Waals surface area (Å²) in [5.41, 5.74) is 3.10. The molecule has 0 heterocycles. The summed E-state index contributed by atoms with van der Waals surface area (Å²) in [5, 5.41) is 19.4. The maximum atomic E-state index is 11.9. The first kappa shape index (κ1) is 32.0. The Morgan fingerprint density at radius 1 is 0.795 bits per heavy atom. The fourth-order valence-corrected chi connectivity index (χ4v) is 4.63. The number of methoxy groups -OCH3 is 3. The van der Waals surface area contributed by atoms with E-state index in [2.05, 4.69) is 33.9 Å². The summed E-state index contributed by atoms with van der Waals surface area (Å²) < 4.78 is 28.4. The highest BCUT2D eigenvalue weighted by Crippen LogP contribution is 2.39. The number of carbonyl (C=O) groups is 2. The minimum atomic E-state index is -2.04. The third-order valence-electron chi connectivity index (χ3n) is 7.20. The molecule has 0 aromatic heterocycles. The van der Waals surface area contributed by atoms with Gasteiger partial charge in [-0.25, -0.2) is 0 Å². The topological polar surface area (TPSA) is 121 Å². The molecule has 10 heteroatoms. The third kappa shape index (κ3) is 8.89. The smallest absolute Gasteiger partial charge is 0.305 e. The van der Waals surface area contributed by atoms with Crippen LogP contribution >= 0.6 is 0 Å². The highest BCUT2D eigenvalue weighted by atomic mass is 28.4. The van der Waals surface area contributed by atoms with Crippen molar-refractivity contribution in [3.63, 3.8) is 0 Å². The van der Waals surface area contributed by atoms with Crippen LogP contribution in [0.2, 0.25) is 18.1 Å². The second-order valence-electron chi connectivity index (χ2n) is 10.9. The number of rotatable bonds is 14. The summed E-state index contributed by atoms with van der Waals surface area (Å²) in [4.78, 5) is 23.1. The van der Waals surface area contributed by atoms with Gasteiger partial charge in [0.15, 0.2) is 31.3 Å². The van der Waals surface area contributed by atoms with Crippen molar-refractivity contribution in [2.24, 2.45) is 0 Å². The zero-order valence-electron chi connectivity index (χ0n) is 24.3. The summed E-state index contributed by atoms with van der Waals surface area (Å²) in [5.74, 6) is -0.103. The van der Waals surface area contributed by atoms with Gasteiger partial charge in [0.2, 0.25) is 0 Å². The van der Waals surface area contributed by atoms with Crippen LogP contribution in [0.15, 0.2) is 24.3 Å². The molecule has 39 heavy (non-hydrogen) atoms. The van der Waals surface area contributed by atoms with Crippen LogP contribution in [0.1, 0.15) is 55.9 Å². The standard InChI is InChI=1S/C29H42O9Si/c1-29(2,3)39(7,8)38-18-22-16-25(35-5)26(14-20(22)10-12-28(33)36-6)37-17-21-15-24(34-4)23(30)13-19(21)9-11-27(31)32/h13-16,30H,9-12,17-18H2,1-8H3,(H,31,32). The Kier molecular flexibility index (Phi) is 11.2. The fourth-order valence-electron chi connectivity index (χ4n) is 3.68. The summed E-state index contributed by atoms with van der Waals surface area (Å²) in [6.45, 7) is 11.4. The second kappa shape index (κ2) is 13.7. The average molecular weight is 563 g/mol. The molecule has 9 nitrogen and oxygen atoms in total. The number of hydrogen-bond donors (Lipinski definition) is 2. The molecule has 0 spiro atoms. The van der Waals surface area contributed by atoms with E-state index < -0.39 is 14.3 Å². The van der Waals surface area contributed by atoms with E-state index in [9.17, 15) is 14.7 Å². The molecule has 0 aliphatic rings. The van der Waals surface area contributed by atoms with Crippen molar-refractivity contribution < 1.29 is 43.2 Å². The van der Waals surface area contributed by atoms with Gasteiger partial charge in [-0.1, -0.05) is 20.8 Å². The normalized spacial score (nSPS) is 11.7. The number of benzene rings is 2. The molecule has 0 bridgehead atoms. The largest absolute Gasteiger partial charge is 0.504 e. The summed E-state index contributed by atoms with van der Waals surface area (Å²) in [6, 6.07) is 6.86. The first-order valence-corrected chi connectivity index (χ1v) is 15.8. The lowest BCUT2D eigenvalue weighted by molar-refractivity contribution is -0.140. The van der Waals surface area contributed by atoms with Crippen LogP contribution in [0.25, 0.3) is 0 Å². The van der Waals surface area contributed by atoms with Crippen molar-refractivity contribution in [1.29, 1.82) is 0 Å². The quantitative estimate of drug-likeness (QED) is 0.223. The van der Waals surface area contributed by atoms with Gasteiger partial charge in [0.1, 0.15) is 6.61 Å². The molecule has 2 rings (SSSR count).